The maximum absolute atomic E-state index is 13.6. The average molecular weight is 498 g/mol. The van der Waals surface area contributed by atoms with E-state index in [1.807, 2.05) is 26.0 Å². The molecule has 0 aliphatic carbocycles. The summed E-state index contributed by atoms with van der Waals surface area (Å²) in [6.07, 6.45) is 4.67. The number of aliphatic hydroxyl groups is 1. The van der Waals surface area contributed by atoms with Crippen LogP contribution in [0.5, 0.6) is 5.88 Å². The molecule has 0 radical (unpaired) electrons. The van der Waals surface area contributed by atoms with E-state index in [1.54, 1.807) is 41.5 Å². The number of carbonyl (C=O) groups is 2. The van der Waals surface area contributed by atoms with Crippen LogP contribution in [0.4, 0.5) is 0 Å². The summed E-state index contributed by atoms with van der Waals surface area (Å²) in [5.41, 5.74) is 1.99. The van der Waals surface area contributed by atoms with Gasteiger partial charge in [-0.25, -0.2) is 4.98 Å². The van der Waals surface area contributed by atoms with Crippen LogP contribution in [-0.4, -0.2) is 113 Å². The SMILES string of the molecule is C[C@H]1CN([C@@H](C)CO)C(=O)c2cc(-c3ccncc3)cnc2O[C@H]1CN(C)C(=O)CN1CCOCC1. The molecule has 0 bridgehead atoms. The first-order valence-electron chi connectivity index (χ1n) is 12.4. The predicted octanol–water partition coefficient (Wildman–Crippen LogP) is 1.15. The van der Waals surface area contributed by atoms with Crippen LogP contribution in [0.15, 0.2) is 36.8 Å². The number of amides is 2. The van der Waals surface area contributed by atoms with E-state index in [2.05, 4.69) is 14.9 Å². The molecule has 0 unspecified atom stereocenters. The highest BCUT2D eigenvalue weighted by molar-refractivity contribution is 5.98. The minimum Gasteiger partial charge on any atom is -0.472 e. The number of morpholine rings is 1. The number of fused-ring (bicyclic) bond motifs is 1. The Hall–Kier alpha value is -3.08. The minimum absolute atomic E-state index is 0.00707. The van der Waals surface area contributed by atoms with Crippen molar-refractivity contribution in [2.75, 3.05) is 59.6 Å². The second kappa shape index (κ2) is 11.8. The lowest BCUT2D eigenvalue weighted by Crippen LogP contribution is -2.51. The lowest BCUT2D eigenvalue weighted by Gasteiger charge is -2.38. The standard InChI is InChI=1S/C26H35N5O5/c1-18-14-31(19(2)17-32)26(34)22-12-21(20-4-6-27-7-5-20)13-28-25(22)36-23(18)15-29(3)24(33)16-30-8-10-35-11-9-30/h4-7,12-13,18-19,23,32H,8-11,14-17H2,1-3H3/t18-,19-,23-/m0/s1. The molecule has 2 aliphatic heterocycles. The molecule has 10 nitrogen and oxygen atoms in total. The summed E-state index contributed by atoms with van der Waals surface area (Å²) in [6, 6.07) is 5.10. The van der Waals surface area contributed by atoms with Gasteiger partial charge in [-0.1, -0.05) is 6.92 Å². The van der Waals surface area contributed by atoms with Gasteiger partial charge in [0.1, 0.15) is 11.7 Å². The number of rotatable bonds is 7. The molecule has 3 atom stereocenters. The van der Waals surface area contributed by atoms with Crippen LogP contribution in [0.25, 0.3) is 11.1 Å². The number of nitrogens with zero attached hydrogens (tertiary/aromatic N) is 5. The lowest BCUT2D eigenvalue weighted by atomic mass is 9.99. The Morgan fingerprint density at radius 1 is 1.25 bits per heavy atom. The molecule has 2 aromatic rings. The van der Waals surface area contributed by atoms with Crippen molar-refractivity contribution >= 4 is 11.8 Å². The van der Waals surface area contributed by atoms with E-state index >= 15 is 0 Å². The van der Waals surface area contributed by atoms with E-state index in [4.69, 9.17) is 9.47 Å². The van der Waals surface area contributed by atoms with Crippen molar-refractivity contribution in [2.45, 2.75) is 26.0 Å². The van der Waals surface area contributed by atoms with Crippen LogP contribution in [-0.2, 0) is 9.53 Å². The maximum atomic E-state index is 13.6. The summed E-state index contributed by atoms with van der Waals surface area (Å²) in [4.78, 5) is 40.5. The van der Waals surface area contributed by atoms with E-state index < -0.39 is 0 Å². The lowest BCUT2D eigenvalue weighted by molar-refractivity contribution is -0.133. The third-order valence-corrected chi connectivity index (χ3v) is 6.88. The molecule has 2 aliphatic rings. The van der Waals surface area contributed by atoms with E-state index in [0.717, 1.165) is 24.2 Å². The summed E-state index contributed by atoms with van der Waals surface area (Å²) in [7, 11) is 1.78. The Morgan fingerprint density at radius 2 is 1.97 bits per heavy atom. The van der Waals surface area contributed by atoms with Crippen molar-refractivity contribution in [3.05, 3.63) is 42.4 Å². The van der Waals surface area contributed by atoms with Crippen LogP contribution >= 0.6 is 0 Å². The zero-order valence-electron chi connectivity index (χ0n) is 21.2. The molecule has 0 aromatic carbocycles. The number of aliphatic hydroxyl groups excluding tert-OH is 1. The fourth-order valence-electron chi connectivity index (χ4n) is 4.47. The Labute approximate surface area is 211 Å². The number of hydrogen-bond donors (Lipinski definition) is 1. The van der Waals surface area contributed by atoms with Crippen LogP contribution in [0.2, 0.25) is 0 Å². The van der Waals surface area contributed by atoms with E-state index in [9.17, 15) is 14.7 Å². The average Bonchev–Trinajstić information content (AvgIpc) is 2.91. The second-order valence-electron chi connectivity index (χ2n) is 9.60. The van der Waals surface area contributed by atoms with Crippen LogP contribution in [0.3, 0.4) is 0 Å². The topological polar surface area (TPSA) is 108 Å². The van der Waals surface area contributed by atoms with Gasteiger partial charge in [-0.15, -0.1) is 0 Å². The van der Waals surface area contributed by atoms with Gasteiger partial charge in [0.05, 0.1) is 39.0 Å². The van der Waals surface area contributed by atoms with Crippen molar-refractivity contribution < 1.29 is 24.2 Å². The van der Waals surface area contributed by atoms with Gasteiger partial charge >= 0.3 is 0 Å². The smallest absolute Gasteiger partial charge is 0.259 e. The third-order valence-electron chi connectivity index (χ3n) is 6.88. The van der Waals surface area contributed by atoms with Gasteiger partial charge in [-0.05, 0) is 30.7 Å². The van der Waals surface area contributed by atoms with E-state index in [0.29, 0.717) is 38.4 Å². The Morgan fingerprint density at radius 3 is 2.67 bits per heavy atom. The van der Waals surface area contributed by atoms with Crippen molar-refractivity contribution in [1.29, 1.82) is 0 Å². The first kappa shape index (κ1) is 26.0. The monoisotopic (exact) mass is 497 g/mol. The van der Waals surface area contributed by atoms with Gasteiger partial charge in [0.2, 0.25) is 11.8 Å². The molecule has 4 heterocycles. The zero-order valence-corrected chi connectivity index (χ0v) is 21.2. The number of carbonyl (C=O) groups excluding carboxylic acids is 2. The third kappa shape index (κ3) is 6.00. The Bertz CT molecular complexity index is 1050. The summed E-state index contributed by atoms with van der Waals surface area (Å²) in [6.45, 7) is 7.47. The van der Waals surface area contributed by atoms with Crippen molar-refractivity contribution in [3.8, 4) is 17.0 Å². The van der Waals surface area contributed by atoms with Crippen LogP contribution in [0, 0.1) is 5.92 Å². The normalized spacial score (nSPS) is 21.7. The first-order valence-corrected chi connectivity index (χ1v) is 12.4. The number of aromatic nitrogens is 2. The van der Waals surface area contributed by atoms with Crippen molar-refractivity contribution in [3.63, 3.8) is 0 Å². The molecule has 194 valence electrons. The van der Waals surface area contributed by atoms with E-state index in [1.165, 1.54) is 0 Å². The molecule has 2 aromatic heterocycles. The van der Waals surface area contributed by atoms with Crippen molar-refractivity contribution in [2.24, 2.45) is 5.92 Å². The maximum Gasteiger partial charge on any atom is 0.259 e. The predicted molar refractivity (Wildman–Crippen MR) is 134 cm³/mol. The molecule has 1 N–H and O–H groups in total. The summed E-state index contributed by atoms with van der Waals surface area (Å²) in [5.74, 6) is -0.0976. The molecule has 1 saturated heterocycles. The molecule has 1 fully saturated rings. The van der Waals surface area contributed by atoms with Gasteiger partial charge in [0, 0.05) is 56.8 Å². The highest BCUT2D eigenvalue weighted by Crippen LogP contribution is 2.30. The van der Waals surface area contributed by atoms with Gasteiger partial charge < -0.3 is 24.4 Å². The number of pyridine rings is 2. The zero-order chi connectivity index (χ0) is 25.7. The summed E-state index contributed by atoms with van der Waals surface area (Å²) in [5, 5.41) is 9.86. The van der Waals surface area contributed by atoms with Gasteiger partial charge in [0.25, 0.3) is 5.91 Å². The van der Waals surface area contributed by atoms with Crippen LogP contribution < -0.4 is 4.74 Å². The molecule has 0 spiro atoms. The molecule has 2 amide bonds. The number of likely N-dealkylation sites (N-methyl/N-ethyl adjacent to an activating group) is 1. The molecule has 36 heavy (non-hydrogen) atoms. The van der Waals surface area contributed by atoms with Crippen molar-refractivity contribution in [1.82, 2.24) is 24.7 Å². The first-order chi connectivity index (χ1) is 17.4. The Kier molecular flexibility index (Phi) is 8.50. The highest BCUT2D eigenvalue weighted by atomic mass is 16.5. The minimum atomic E-state index is -0.386. The summed E-state index contributed by atoms with van der Waals surface area (Å²) >= 11 is 0. The van der Waals surface area contributed by atoms with Gasteiger partial charge in [0.15, 0.2) is 0 Å². The fourth-order valence-corrected chi connectivity index (χ4v) is 4.47. The van der Waals surface area contributed by atoms with Gasteiger partial charge in [-0.2, -0.15) is 0 Å². The quantitative estimate of drug-likeness (QED) is 0.607. The molecular weight excluding hydrogens is 462 g/mol. The summed E-state index contributed by atoms with van der Waals surface area (Å²) < 4.78 is 11.7. The molecule has 4 rings (SSSR count). The number of ether oxygens (including phenoxy) is 2. The second-order valence-corrected chi connectivity index (χ2v) is 9.60. The Balaban J connectivity index is 1.59. The molecule has 10 heteroatoms. The molecular formula is C26H35N5O5. The van der Waals surface area contributed by atoms with Crippen LogP contribution in [0.1, 0.15) is 24.2 Å². The fraction of sp³-hybridized carbons (Fsp3) is 0.538. The highest BCUT2D eigenvalue weighted by Gasteiger charge is 2.35. The van der Waals surface area contributed by atoms with Gasteiger partial charge in [-0.3, -0.25) is 19.5 Å². The number of hydrogen-bond acceptors (Lipinski definition) is 8. The molecule has 0 saturated carbocycles. The van der Waals surface area contributed by atoms with E-state index in [-0.39, 0.29) is 42.4 Å². The largest absolute Gasteiger partial charge is 0.472 e.